The summed E-state index contributed by atoms with van der Waals surface area (Å²) in [6.07, 6.45) is 2.55. The van der Waals surface area contributed by atoms with E-state index in [-0.39, 0.29) is 11.9 Å². The van der Waals surface area contributed by atoms with Crippen molar-refractivity contribution in [3.05, 3.63) is 82.3 Å². The molecule has 0 saturated carbocycles. The average molecular weight is 406 g/mol. The van der Waals surface area contributed by atoms with E-state index in [1.165, 1.54) is 24.5 Å². The number of benzene rings is 2. The van der Waals surface area contributed by atoms with Crippen molar-refractivity contribution in [2.45, 2.75) is 6.92 Å². The summed E-state index contributed by atoms with van der Waals surface area (Å²) in [5, 5.41) is 15.4. The molecule has 0 aliphatic heterocycles. The SMILES string of the molecule is Cc1ccc(-c2nc(N)nc3ccc(Cl)cc23)cc1NC(=O)c1cc[n+]([O-])cc1. The van der Waals surface area contributed by atoms with Crippen LogP contribution in [0.3, 0.4) is 0 Å². The minimum atomic E-state index is -0.319. The lowest BCUT2D eigenvalue weighted by molar-refractivity contribution is -0.605. The minimum Gasteiger partial charge on any atom is -0.619 e. The summed E-state index contributed by atoms with van der Waals surface area (Å²) in [6.45, 7) is 1.89. The fourth-order valence-corrected chi connectivity index (χ4v) is 3.17. The van der Waals surface area contributed by atoms with Crippen LogP contribution in [0.15, 0.2) is 60.9 Å². The number of carbonyl (C=O) groups is 1. The highest BCUT2D eigenvalue weighted by Crippen LogP contribution is 2.31. The largest absolute Gasteiger partial charge is 0.619 e. The van der Waals surface area contributed by atoms with Crippen LogP contribution in [0.4, 0.5) is 11.6 Å². The van der Waals surface area contributed by atoms with Crippen LogP contribution < -0.4 is 15.8 Å². The number of nitrogen functional groups attached to an aromatic ring is 1. The summed E-state index contributed by atoms with van der Waals surface area (Å²) < 4.78 is 0.623. The number of anilines is 2. The fourth-order valence-electron chi connectivity index (χ4n) is 3.00. The topological polar surface area (TPSA) is 108 Å². The predicted octanol–water partition coefficient (Wildman–Crippen LogP) is 3.73. The Hall–Kier alpha value is -3.71. The molecule has 0 aliphatic carbocycles. The molecule has 8 heteroatoms. The molecule has 0 aliphatic rings. The highest BCUT2D eigenvalue weighted by molar-refractivity contribution is 6.31. The number of halogens is 1. The van der Waals surface area contributed by atoms with E-state index in [0.717, 1.165) is 16.5 Å². The number of aromatic nitrogens is 3. The molecular formula is C21H16ClN5O2. The molecular weight excluding hydrogens is 390 g/mol. The molecule has 3 N–H and O–H groups in total. The lowest BCUT2D eigenvalue weighted by Crippen LogP contribution is -2.25. The molecule has 0 unspecified atom stereocenters. The van der Waals surface area contributed by atoms with Crippen LogP contribution in [0.5, 0.6) is 0 Å². The van der Waals surface area contributed by atoms with Crippen LogP contribution in [-0.4, -0.2) is 15.9 Å². The van der Waals surface area contributed by atoms with Gasteiger partial charge in [0.05, 0.1) is 16.8 Å². The summed E-state index contributed by atoms with van der Waals surface area (Å²) in [7, 11) is 0. The van der Waals surface area contributed by atoms with E-state index < -0.39 is 0 Å². The van der Waals surface area contributed by atoms with Gasteiger partial charge in [-0.3, -0.25) is 4.79 Å². The van der Waals surface area contributed by atoms with Crippen molar-refractivity contribution in [2.75, 3.05) is 11.1 Å². The van der Waals surface area contributed by atoms with Gasteiger partial charge in [0.1, 0.15) is 0 Å². The molecule has 2 heterocycles. The van der Waals surface area contributed by atoms with Gasteiger partial charge in [0.25, 0.3) is 5.91 Å². The van der Waals surface area contributed by atoms with E-state index in [9.17, 15) is 10.0 Å². The lowest BCUT2D eigenvalue weighted by Gasteiger charge is -2.12. The molecule has 29 heavy (non-hydrogen) atoms. The lowest BCUT2D eigenvalue weighted by atomic mass is 10.0. The van der Waals surface area contributed by atoms with Gasteiger partial charge in [-0.25, -0.2) is 9.97 Å². The molecule has 0 radical (unpaired) electrons. The molecule has 7 nitrogen and oxygen atoms in total. The Bertz CT molecular complexity index is 1240. The van der Waals surface area contributed by atoms with Gasteiger partial charge < -0.3 is 16.3 Å². The molecule has 4 aromatic rings. The number of aryl methyl sites for hydroxylation is 1. The first-order valence-corrected chi connectivity index (χ1v) is 9.12. The van der Waals surface area contributed by atoms with E-state index in [2.05, 4.69) is 15.3 Å². The van der Waals surface area contributed by atoms with Crippen molar-refractivity contribution in [3.8, 4) is 11.3 Å². The summed E-state index contributed by atoms with van der Waals surface area (Å²) >= 11 is 6.15. The molecule has 144 valence electrons. The summed E-state index contributed by atoms with van der Waals surface area (Å²) in [6, 6.07) is 13.8. The first-order chi connectivity index (χ1) is 13.9. The molecule has 0 fully saturated rings. The Morgan fingerprint density at radius 1 is 1.10 bits per heavy atom. The first kappa shape index (κ1) is 18.6. The fraction of sp³-hybridized carbons (Fsp3) is 0.0476. The highest BCUT2D eigenvalue weighted by atomic mass is 35.5. The Morgan fingerprint density at radius 3 is 2.62 bits per heavy atom. The van der Waals surface area contributed by atoms with Crippen LogP contribution in [0.25, 0.3) is 22.2 Å². The van der Waals surface area contributed by atoms with Gasteiger partial charge in [0, 0.05) is 33.8 Å². The maximum absolute atomic E-state index is 12.6. The van der Waals surface area contributed by atoms with Gasteiger partial charge in [-0.1, -0.05) is 23.7 Å². The van der Waals surface area contributed by atoms with Crippen molar-refractivity contribution in [2.24, 2.45) is 0 Å². The van der Waals surface area contributed by atoms with Crippen molar-refractivity contribution < 1.29 is 9.52 Å². The Labute approximate surface area is 171 Å². The van der Waals surface area contributed by atoms with E-state index in [1.807, 2.05) is 25.1 Å². The molecule has 4 rings (SSSR count). The standard InChI is InChI=1S/C21H16ClN5O2/c1-12-2-3-14(10-18(12)24-20(28)13-6-8-27(29)9-7-13)19-16-11-15(22)4-5-17(16)25-21(23)26-19/h2-11H,1H3,(H,24,28)(H2,23,25,26). The smallest absolute Gasteiger partial charge is 0.256 e. The number of nitrogens with two attached hydrogens (primary N) is 1. The van der Waals surface area contributed by atoms with Gasteiger partial charge >= 0.3 is 0 Å². The third kappa shape index (κ3) is 3.81. The van der Waals surface area contributed by atoms with Crippen molar-refractivity contribution in [3.63, 3.8) is 0 Å². The maximum Gasteiger partial charge on any atom is 0.256 e. The number of nitrogens with one attached hydrogen (secondary N) is 1. The normalized spacial score (nSPS) is 10.8. The molecule has 0 saturated heterocycles. The zero-order valence-electron chi connectivity index (χ0n) is 15.4. The number of pyridine rings is 1. The Kier molecular flexibility index (Phi) is 4.74. The van der Waals surface area contributed by atoms with Crippen molar-refractivity contribution >= 4 is 40.0 Å². The summed E-state index contributed by atoms with van der Waals surface area (Å²) in [4.78, 5) is 21.2. The van der Waals surface area contributed by atoms with Crippen molar-refractivity contribution in [1.82, 2.24) is 9.97 Å². The molecule has 0 atom stereocenters. The van der Waals surface area contributed by atoms with Crippen LogP contribution in [0, 0.1) is 12.1 Å². The first-order valence-electron chi connectivity index (χ1n) is 8.75. The van der Waals surface area contributed by atoms with Crippen LogP contribution in [0.1, 0.15) is 15.9 Å². The maximum atomic E-state index is 12.6. The van der Waals surface area contributed by atoms with Gasteiger partial charge in [-0.15, -0.1) is 0 Å². The van der Waals surface area contributed by atoms with Crippen LogP contribution in [-0.2, 0) is 0 Å². The average Bonchev–Trinajstić information content (AvgIpc) is 2.70. The Morgan fingerprint density at radius 2 is 1.86 bits per heavy atom. The Balaban J connectivity index is 1.76. The number of fused-ring (bicyclic) bond motifs is 1. The van der Waals surface area contributed by atoms with E-state index in [0.29, 0.717) is 32.2 Å². The molecule has 2 aromatic carbocycles. The summed E-state index contributed by atoms with van der Waals surface area (Å²) in [5.74, 6) is -0.169. The van der Waals surface area contributed by atoms with Gasteiger partial charge in [0.15, 0.2) is 12.4 Å². The third-order valence-electron chi connectivity index (χ3n) is 4.50. The second-order valence-corrected chi connectivity index (χ2v) is 6.96. The number of carbonyl (C=O) groups excluding carboxylic acids is 1. The van der Waals surface area contributed by atoms with E-state index in [4.69, 9.17) is 17.3 Å². The number of hydrogen-bond donors (Lipinski definition) is 2. The van der Waals surface area contributed by atoms with Crippen LogP contribution in [0.2, 0.25) is 5.02 Å². The van der Waals surface area contributed by atoms with E-state index >= 15 is 0 Å². The number of hydrogen-bond acceptors (Lipinski definition) is 5. The molecule has 0 bridgehead atoms. The predicted molar refractivity (Wildman–Crippen MR) is 112 cm³/mol. The van der Waals surface area contributed by atoms with Crippen LogP contribution >= 0.6 is 11.6 Å². The molecule has 1 amide bonds. The second-order valence-electron chi connectivity index (χ2n) is 6.52. The quantitative estimate of drug-likeness (QED) is 0.399. The van der Waals surface area contributed by atoms with Crippen molar-refractivity contribution in [1.29, 1.82) is 0 Å². The monoisotopic (exact) mass is 405 g/mol. The van der Waals surface area contributed by atoms with Gasteiger partial charge in [0.2, 0.25) is 5.95 Å². The van der Waals surface area contributed by atoms with E-state index in [1.54, 1.807) is 18.2 Å². The third-order valence-corrected chi connectivity index (χ3v) is 4.73. The zero-order chi connectivity index (χ0) is 20.5. The molecule has 2 aromatic heterocycles. The highest BCUT2D eigenvalue weighted by Gasteiger charge is 2.13. The zero-order valence-corrected chi connectivity index (χ0v) is 16.1. The molecule has 0 spiro atoms. The number of nitrogens with zero attached hydrogens (tertiary/aromatic N) is 3. The number of rotatable bonds is 3. The van der Waals surface area contributed by atoms with Gasteiger partial charge in [-0.2, -0.15) is 4.73 Å². The number of amides is 1. The van der Waals surface area contributed by atoms with Gasteiger partial charge in [-0.05, 0) is 36.8 Å². The second kappa shape index (κ2) is 7.37. The summed E-state index contributed by atoms with van der Waals surface area (Å²) in [5.41, 5.74) is 9.83. The minimum absolute atomic E-state index is 0.149.